The van der Waals surface area contributed by atoms with Gasteiger partial charge < -0.3 is 5.32 Å². The van der Waals surface area contributed by atoms with Crippen LogP contribution in [0.4, 0.5) is 5.82 Å². The van der Waals surface area contributed by atoms with E-state index in [1.807, 2.05) is 74.0 Å². The van der Waals surface area contributed by atoms with E-state index in [1.54, 1.807) is 0 Å². The Hall–Kier alpha value is -2.79. The van der Waals surface area contributed by atoms with E-state index in [0.717, 1.165) is 42.5 Å². The predicted octanol–water partition coefficient (Wildman–Crippen LogP) is 3.12. The summed E-state index contributed by atoms with van der Waals surface area (Å²) in [5.74, 6) is 0.878. The Balaban J connectivity index is 1.78. The molecule has 0 bridgehead atoms. The number of nitrogens with zero attached hydrogens (tertiary/aromatic N) is 4. The third-order valence-electron chi connectivity index (χ3n) is 3.67. The van der Waals surface area contributed by atoms with Crippen molar-refractivity contribution >= 4 is 5.82 Å². The minimum Gasteiger partial charge on any atom is -0.373 e. The quantitative estimate of drug-likeness (QED) is 0.725. The second-order valence-electron chi connectivity index (χ2n) is 5.55. The number of hydrogen-bond donors (Lipinski definition) is 1. The van der Waals surface area contributed by atoms with Crippen LogP contribution in [-0.4, -0.2) is 26.9 Å². The average molecular weight is 319 g/mol. The molecule has 3 aromatic rings. The lowest BCUT2D eigenvalue weighted by Crippen LogP contribution is -2.24. The maximum absolute atomic E-state index is 4.62. The lowest BCUT2D eigenvalue weighted by molar-refractivity contribution is 0.239. The lowest BCUT2D eigenvalue weighted by Gasteiger charge is -2.21. The van der Waals surface area contributed by atoms with Gasteiger partial charge in [0, 0.05) is 39.1 Å². The van der Waals surface area contributed by atoms with Gasteiger partial charge in [-0.2, -0.15) is 0 Å². The van der Waals surface area contributed by atoms with Gasteiger partial charge in [-0.25, -0.2) is 4.98 Å². The van der Waals surface area contributed by atoms with Crippen molar-refractivity contribution in [2.45, 2.75) is 19.6 Å². The summed E-state index contributed by atoms with van der Waals surface area (Å²) < 4.78 is 0. The fraction of sp³-hybridized carbons (Fsp3) is 0.211. The number of pyridine rings is 3. The van der Waals surface area contributed by atoms with E-state index in [4.69, 9.17) is 0 Å². The molecule has 0 radical (unpaired) electrons. The molecule has 122 valence electrons. The highest BCUT2D eigenvalue weighted by Crippen LogP contribution is 2.12. The normalized spacial score (nSPS) is 10.8. The molecule has 0 saturated heterocycles. The molecule has 0 fully saturated rings. The van der Waals surface area contributed by atoms with Crippen LogP contribution in [0.25, 0.3) is 0 Å². The first-order valence-corrected chi connectivity index (χ1v) is 7.99. The van der Waals surface area contributed by atoms with Crippen molar-refractivity contribution in [3.05, 3.63) is 84.1 Å². The molecule has 5 heteroatoms. The zero-order valence-electron chi connectivity index (χ0n) is 13.8. The maximum Gasteiger partial charge on any atom is 0.126 e. The van der Waals surface area contributed by atoms with E-state index in [-0.39, 0.29) is 0 Å². The first kappa shape index (κ1) is 16.1. The zero-order valence-corrected chi connectivity index (χ0v) is 13.8. The summed E-state index contributed by atoms with van der Waals surface area (Å²) in [7, 11) is 1.88. The summed E-state index contributed by atoms with van der Waals surface area (Å²) in [4.78, 5) is 15.8. The number of hydrogen-bond acceptors (Lipinski definition) is 5. The van der Waals surface area contributed by atoms with Gasteiger partial charge >= 0.3 is 0 Å². The van der Waals surface area contributed by atoms with E-state index >= 15 is 0 Å². The van der Waals surface area contributed by atoms with E-state index in [1.165, 1.54) is 0 Å². The van der Waals surface area contributed by atoms with Crippen LogP contribution in [0.3, 0.4) is 0 Å². The molecule has 0 aromatic carbocycles. The molecule has 3 aromatic heterocycles. The van der Waals surface area contributed by atoms with Crippen LogP contribution in [0.2, 0.25) is 0 Å². The van der Waals surface area contributed by atoms with Crippen molar-refractivity contribution in [3.8, 4) is 0 Å². The van der Waals surface area contributed by atoms with Gasteiger partial charge in [-0.1, -0.05) is 18.2 Å². The molecular weight excluding hydrogens is 298 g/mol. The van der Waals surface area contributed by atoms with Crippen LogP contribution >= 0.6 is 0 Å². The molecule has 1 N–H and O–H groups in total. The zero-order chi connectivity index (χ0) is 16.6. The summed E-state index contributed by atoms with van der Waals surface area (Å²) in [5.41, 5.74) is 3.10. The summed E-state index contributed by atoms with van der Waals surface area (Å²) in [6.45, 7) is 2.24. The predicted molar refractivity (Wildman–Crippen MR) is 95.2 cm³/mol. The van der Waals surface area contributed by atoms with Gasteiger partial charge in [-0.15, -0.1) is 0 Å². The van der Waals surface area contributed by atoms with E-state index < -0.39 is 0 Å². The molecule has 0 aliphatic carbocycles. The monoisotopic (exact) mass is 319 g/mol. The minimum absolute atomic E-state index is 0.739. The van der Waals surface area contributed by atoms with Gasteiger partial charge in [-0.05, 0) is 36.4 Å². The smallest absolute Gasteiger partial charge is 0.126 e. The van der Waals surface area contributed by atoms with Gasteiger partial charge in [0.05, 0.1) is 17.1 Å². The molecule has 0 amide bonds. The minimum atomic E-state index is 0.739. The molecular formula is C19H21N5. The topological polar surface area (TPSA) is 53.9 Å². The van der Waals surface area contributed by atoms with Crippen molar-refractivity contribution in [2.24, 2.45) is 0 Å². The molecule has 0 aliphatic heterocycles. The fourth-order valence-electron chi connectivity index (χ4n) is 2.55. The van der Waals surface area contributed by atoms with E-state index in [0.29, 0.717) is 0 Å². The largest absolute Gasteiger partial charge is 0.373 e. The number of nitrogens with one attached hydrogen (secondary N) is 1. The second-order valence-corrected chi connectivity index (χ2v) is 5.55. The second kappa shape index (κ2) is 8.17. The number of rotatable bonds is 7. The van der Waals surface area contributed by atoms with Crippen molar-refractivity contribution in [1.29, 1.82) is 0 Å². The summed E-state index contributed by atoms with van der Waals surface area (Å²) in [6.07, 6.45) is 3.66. The summed E-state index contributed by atoms with van der Waals surface area (Å²) >= 11 is 0. The van der Waals surface area contributed by atoms with Gasteiger partial charge in [0.25, 0.3) is 0 Å². The Morgan fingerprint density at radius 3 is 1.88 bits per heavy atom. The number of aromatic nitrogens is 3. The average Bonchev–Trinajstić information content (AvgIpc) is 2.63. The fourth-order valence-corrected chi connectivity index (χ4v) is 2.55. The third-order valence-corrected chi connectivity index (χ3v) is 3.67. The van der Waals surface area contributed by atoms with Crippen LogP contribution in [0.5, 0.6) is 0 Å². The highest BCUT2D eigenvalue weighted by molar-refractivity contribution is 5.34. The molecule has 0 unspecified atom stereocenters. The molecule has 0 spiro atoms. The molecule has 5 nitrogen and oxygen atoms in total. The number of anilines is 1. The SMILES string of the molecule is CNc1cccc(CN(Cc2ccccn2)Cc2ccccn2)n1. The van der Waals surface area contributed by atoms with Crippen LogP contribution in [0.1, 0.15) is 17.1 Å². The van der Waals surface area contributed by atoms with Crippen LogP contribution in [0, 0.1) is 0 Å². The molecule has 0 atom stereocenters. The maximum atomic E-state index is 4.62. The molecule has 0 saturated carbocycles. The van der Waals surface area contributed by atoms with Crippen molar-refractivity contribution < 1.29 is 0 Å². The lowest BCUT2D eigenvalue weighted by atomic mass is 10.2. The Labute approximate surface area is 142 Å². The summed E-state index contributed by atoms with van der Waals surface area (Å²) in [5, 5.41) is 3.09. The van der Waals surface area contributed by atoms with Crippen molar-refractivity contribution in [3.63, 3.8) is 0 Å². The van der Waals surface area contributed by atoms with Gasteiger partial charge in [0.1, 0.15) is 5.82 Å². The molecule has 3 rings (SSSR count). The van der Waals surface area contributed by atoms with Gasteiger partial charge in [0.15, 0.2) is 0 Å². The van der Waals surface area contributed by atoms with Crippen LogP contribution in [-0.2, 0) is 19.6 Å². The van der Waals surface area contributed by atoms with Crippen LogP contribution in [0.15, 0.2) is 67.0 Å². The Bertz CT molecular complexity index is 704. The molecule has 24 heavy (non-hydrogen) atoms. The summed E-state index contributed by atoms with van der Waals surface area (Å²) in [6, 6.07) is 18.0. The van der Waals surface area contributed by atoms with Crippen molar-refractivity contribution in [2.75, 3.05) is 12.4 Å². The molecule has 0 aliphatic rings. The van der Waals surface area contributed by atoms with E-state index in [9.17, 15) is 0 Å². The first-order chi connectivity index (χ1) is 11.8. The first-order valence-electron chi connectivity index (χ1n) is 7.99. The molecule has 3 heterocycles. The Morgan fingerprint density at radius 2 is 1.33 bits per heavy atom. The highest BCUT2D eigenvalue weighted by atomic mass is 15.1. The standard InChI is InChI=1S/C19H21N5/c1-20-19-10-6-9-18(23-19)15-24(13-16-7-2-4-11-21-16)14-17-8-3-5-12-22-17/h2-12H,13-15H2,1H3,(H,20,23). The Kier molecular flexibility index (Phi) is 5.48. The highest BCUT2D eigenvalue weighted by Gasteiger charge is 2.11. The van der Waals surface area contributed by atoms with Crippen molar-refractivity contribution in [1.82, 2.24) is 19.9 Å². The van der Waals surface area contributed by atoms with Gasteiger partial charge in [0.2, 0.25) is 0 Å². The van der Waals surface area contributed by atoms with Gasteiger partial charge in [-0.3, -0.25) is 14.9 Å². The van der Waals surface area contributed by atoms with Crippen LogP contribution < -0.4 is 5.32 Å². The van der Waals surface area contributed by atoms with E-state index in [2.05, 4.69) is 25.2 Å². The Morgan fingerprint density at radius 1 is 0.750 bits per heavy atom. The third kappa shape index (κ3) is 4.60.